The summed E-state index contributed by atoms with van der Waals surface area (Å²) in [5, 5.41) is 12.1. The molecule has 1 atom stereocenters. The van der Waals surface area contributed by atoms with Gasteiger partial charge in [-0.2, -0.15) is 10.2 Å². The SMILES string of the molecule is CN=C(NCc1cccc(Cn2cccn2)c1)N1CCC(c2cnn(C)c2)C1.I. The minimum atomic E-state index is 0. The van der Waals surface area contributed by atoms with Crippen LogP contribution in [-0.2, 0) is 20.1 Å². The molecule has 1 aliphatic rings. The first-order chi connectivity index (χ1) is 13.7. The number of hydrogen-bond acceptors (Lipinski definition) is 3. The first kappa shape index (κ1) is 21.4. The molecule has 8 heteroatoms. The van der Waals surface area contributed by atoms with Gasteiger partial charge in [-0.3, -0.25) is 14.4 Å². The fraction of sp³-hybridized carbons (Fsp3) is 0.381. The van der Waals surface area contributed by atoms with Crippen molar-refractivity contribution in [2.45, 2.75) is 25.4 Å². The summed E-state index contributed by atoms with van der Waals surface area (Å²) in [6.45, 7) is 3.53. The van der Waals surface area contributed by atoms with Crippen LogP contribution in [0.25, 0.3) is 0 Å². The molecular formula is C21H28IN7. The number of hydrogen-bond donors (Lipinski definition) is 1. The first-order valence-electron chi connectivity index (χ1n) is 9.70. The van der Waals surface area contributed by atoms with Crippen molar-refractivity contribution in [3.63, 3.8) is 0 Å². The highest BCUT2D eigenvalue weighted by molar-refractivity contribution is 14.0. The Bertz CT molecular complexity index is 932. The lowest BCUT2D eigenvalue weighted by Crippen LogP contribution is -2.39. The quantitative estimate of drug-likeness (QED) is 0.329. The normalized spacial score (nSPS) is 16.7. The zero-order valence-corrected chi connectivity index (χ0v) is 19.2. The highest BCUT2D eigenvalue weighted by atomic mass is 127. The maximum atomic E-state index is 4.50. The highest BCUT2D eigenvalue weighted by Gasteiger charge is 2.26. The van der Waals surface area contributed by atoms with E-state index in [1.165, 1.54) is 16.7 Å². The zero-order chi connectivity index (χ0) is 19.3. The summed E-state index contributed by atoms with van der Waals surface area (Å²) >= 11 is 0. The molecule has 0 saturated carbocycles. The van der Waals surface area contributed by atoms with Crippen molar-refractivity contribution in [3.8, 4) is 0 Å². The number of benzene rings is 1. The number of aliphatic imine (C=N–C) groups is 1. The molecule has 3 aromatic rings. The van der Waals surface area contributed by atoms with E-state index in [0.29, 0.717) is 5.92 Å². The van der Waals surface area contributed by atoms with Crippen LogP contribution >= 0.6 is 24.0 Å². The zero-order valence-electron chi connectivity index (χ0n) is 16.9. The number of aryl methyl sites for hydroxylation is 1. The van der Waals surface area contributed by atoms with Gasteiger partial charge in [-0.25, -0.2) is 0 Å². The Hall–Kier alpha value is -2.36. The summed E-state index contributed by atoms with van der Waals surface area (Å²) in [6.07, 6.45) is 9.03. The minimum Gasteiger partial charge on any atom is -0.352 e. The van der Waals surface area contributed by atoms with Crippen LogP contribution < -0.4 is 5.32 Å². The van der Waals surface area contributed by atoms with Gasteiger partial charge in [-0.1, -0.05) is 24.3 Å². The molecule has 0 amide bonds. The topological polar surface area (TPSA) is 63.3 Å². The van der Waals surface area contributed by atoms with E-state index in [4.69, 9.17) is 0 Å². The van der Waals surface area contributed by atoms with Crippen molar-refractivity contribution < 1.29 is 0 Å². The highest BCUT2D eigenvalue weighted by Crippen LogP contribution is 2.26. The fourth-order valence-electron chi connectivity index (χ4n) is 3.81. The van der Waals surface area contributed by atoms with Gasteiger partial charge in [0.15, 0.2) is 5.96 Å². The predicted molar refractivity (Wildman–Crippen MR) is 126 cm³/mol. The largest absolute Gasteiger partial charge is 0.352 e. The Morgan fingerprint density at radius 3 is 2.83 bits per heavy atom. The molecule has 4 rings (SSSR count). The summed E-state index contributed by atoms with van der Waals surface area (Å²) in [5.41, 5.74) is 3.80. The molecule has 1 fully saturated rings. The Labute approximate surface area is 188 Å². The van der Waals surface area contributed by atoms with Crippen LogP contribution in [0.15, 0.2) is 60.1 Å². The van der Waals surface area contributed by atoms with E-state index in [-0.39, 0.29) is 24.0 Å². The van der Waals surface area contributed by atoms with Gasteiger partial charge >= 0.3 is 0 Å². The number of guanidine groups is 1. The third kappa shape index (κ3) is 5.37. The van der Waals surface area contributed by atoms with E-state index in [0.717, 1.165) is 38.6 Å². The van der Waals surface area contributed by atoms with E-state index < -0.39 is 0 Å². The van der Waals surface area contributed by atoms with Crippen LogP contribution in [0.2, 0.25) is 0 Å². The molecule has 1 aromatic carbocycles. The van der Waals surface area contributed by atoms with Crippen molar-refractivity contribution >= 4 is 29.9 Å². The Morgan fingerprint density at radius 2 is 2.10 bits per heavy atom. The maximum absolute atomic E-state index is 4.50. The van der Waals surface area contributed by atoms with Gasteiger partial charge in [0.25, 0.3) is 0 Å². The Morgan fingerprint density at radius 1 is 1.24 bits per heavy atom. The molecule has 1 aliphatic heterocycles. The molecule has 1 unspecified atom stereocenters. The maximum Gasteiger partial charge on any atom is 0.193 e. The number of aromatic nitrogens is 4. The summed E-state index contributed by atoms with van der Waals surface area (Å²) in [4.78, 5) is 6.84. The van der Waals surface area contributed by atoms with E-state index in [1.807, 2.05) is 48.1 Å². The standard InChI is InChI=1S/C21H27N7.HI/c1-22-21(27-10-7-19(16-27)20-13-25-26(2)15-20)23-12-17-5-3-6-18(11-17)14-28-9-4-8-24-28;/h3-6,8-9,11,13,15,19H,7,10,12,14,16H2,1-2H3,(H,22,23);1H. The second-order valence-corrected chi connectivity index (χ2v) is 7.30. The second kappa shape index (κ2) is 9.91. The molecule has 154 valence electrons. The predicted octanol–water partition coefficient (Wildman–Crippen LogP) is 2.85. The van der Waals surface area contributed by atoms with Crippen LogP contribution in [0.4, 0.5) is 0 Å². The van der Waals surface area contributed by atoms with Crippen LogP contribution in [-0.4, -0.2) is 50.6 Å². The summed E-state index contributed by atoms with van der Waals surface area (Å²) in [5.74, 6) is 1.48. The molecule has 0 spiro atoms. The molecule has 2 aromatic heterocycles. The lowest BCUT2D eigenvalue weighted by molar-refractivity contribution is 0.486. The van der Waals surface area contributed by atoms with E-state index >= 15 is 0 Å². The minimum absolute atomic E-state index is 0. The molecule has 29 heavy (non-hydrogen) atoms. The fourth-order valence-corrected chi connectivity index (χ4v) is 3.81. The molecule has 0 radical (unpaired) electrons. The number of nitrogens with zero attached hydrogens (tertiary/aromatic N) is 6. The molecule has 3 heterocycles. The Kier molecular flexibility index (Phi) is 7.29. The molecule has 0 aliphatic carbocycles. The number of halogens is 1. The van der Waals surface area contributed by atoms with Gasteiger partial charge in [0, 0.05) is 58.2 Å². The average molecular weight is 505 g/mol. The molecule has 1 N–H and O–H groups in total. The van der Waals surface area contributed by atoms with E-state index in [9.17, 15) is 0 Å². The molecule has 1 saturated heterocycles. The van der Waals surface area contributed by atoms with E-state index in [2.05, 4.69) is 55.9 Å². The van der Waals surface area contributed by atoms with Gasteiger partial charge in [-0.15, -0.1) is 24.0 Å². The van der Waals surface area contributed by atoms with Gasteiger partial charge in [0.1, 0.15) is 0 Å². The monoisotopic (exact) mass is 505 g/mol. The molecule has 7 nitrogen and oxygen atoms in total. The molecule has 0 bridgehead atoms. The third-order valence-electron chi connectivity index (χ3n) is 5.24. The summed E-state index contributed by atoms with van der Waals surface area (Å²) in [7, 11) is 3.82. The van der Waals surface area contributed by atoms with Crippen molar-refractivity contribution in [1.82, 2.24) is 29.8 Å². The second-order valence-electron chi connectivity index (χ2n) is 7.30. The number of nitrogens with one attached hydrogen (secondary N) is 1. The number of rotatable bonds is 5. The lowest BCUT2D eigenvalue weighted by atomic mass is 10.0. The van der Waals surface area contributed by atoms with Crippen LogP contribution in [0.1, 0.15) is 29.0 Å². The van der Waals surface area contributed by atoms with E-state index in [1.54, 1.807) is 0 Å². The van der Waals surface area contributed by atoms with Crippen LogP contribution in [0, 0.1) is 0 Å². The first-order valence-corrected chi connectivity index (χ1v) is 9.70. The van der Waals surface area contributed by atoms with Crippen LogP contribution in [0.5, 0.6) is 0 Å². The van der Waals surface area contributed by atoms with Gasteiger partial charge in [-0.05, 0) is 29.2 Å². The smallest absolute Gasteiger partial charge is 0.193 e. The van der Waals surface area contributed by atoms with Gasteiger partial charge in [0.05, 0.1) is 12.7 Å². The van der Waals surface area contributed by atoms with Crippen LogP contribution in [0.3, 0.4) is 0 Å². The van der Waals surface area contributed by atoms with Crippen molar-refractivity contribution in [2.24, 2.45) is 12.0 Å². The summed E-state index contributed by atoms with van der Waals surface area (Å²) in [6, 6.07) is 10.6. The van der Waals surface area contributed by atoms with Crippen molar-refractivity contribution in [1.29, 1.82) is 0 Å². The third-order valence-corrected chi connectivity index (χ3v) is 5.24. The van der Waals surface area contributed by atoms with Gasteiger partial charge < -0.3 is 10.2 Å². The Balaban J connectivity index is 0.00000240. The van der Waals surface area contributed by atoms with Gasteiger partial charge in [0.2, 0.25) is 0 Å². The molecular weight excluding hydrogens is 477 g/mol. The summed E-state index contributed by atoms with van der Waals surface area (Å²) < 4.78 is 3.82. The lowest BCUT2D eigenvalue weighted by Gasteiger charge is -2.21. The van der Waals surface area contributed by atoms with Crippen molar-refractivity contribution in [2.75, 3.05) is 20.1 Å². The average Bonchev–Trinajstić information content (AvgIpc) is 3.45. The van der Waals surface area contributed by atoms with Crippen molar-refractivity contribution in [3.05, 3.63) is 71.8 Å². The number of likely N-dealkylation sites (tertiary alicyclic amines) is 1.